The van der Waals surface area contributed by atoms with Gasteiger partial charge >= 0.3 is 5.97 Å². The van der Waals surface area contributed by atoms with Gasteiger partial charge in [-0.3, -0.25) is 4.79 Å². The molecule has 2 atom stereocenters. The highest BCUT2D eigenvalue weighted by Gasteiger charge is 2.35. The van der Waals surface area contributed by atoms with Crippen LogP contribution in [-0.2, 0) is 9.59 Å². The molecule has 1 heterocycles. The van der Waals surface area contributed by atoms with E-state index in [-0.39, 0.29) is 0 Å². The van der Waals surface area contributed by atoms with Gasteiger partial charge in [0.05, 0.1) is 0 Å². The predicted molar refractivity (Wildman–Crippen MR) is 68.4 cm³/mol. The average molecular weight is 263 g/mol. The van der Waals surface area contributed by atoms with Gasteiger partial charge in [-0.25, -0.2) is 4.79 Å². The van der Waals surface area contributed by atoms with Crippen LogP contribution in [0.1, 0.15) is 30.9 Å². The smallest absolute Gasteiger partial charge is 0.326 e. The summed E-state index contributed by atoms with van der Waals surface area (Å²) in [5.41, 5.74) is 0.488. The highest BCUT2D eigenvalue weighted by atomic mass is 16.4. The van der Waals surface area contributed by atoms with Crippen molar-refractivity contribution < 1.29 is 19.8 Å². The lowest BCUT2D eigenvalue weighted by molar-refractivity contribution is -0.156. The molecule has 0 radical (unpaired) electrons. The third-order valence-corrected chi connectivity index (χ3v) is 3.42. The first-order valence-corrected chi connectivity index (χ1v) is 6.37. The second-order valence-corrected chi connectivity index (χ2v) is 4.69. The number of carboxylic acids is 1. The lowest BCUT2D eigenvalue weighted by atomic mass is 10.00. The van der Waals surface area contributed by atoms with Crippen LogP contribution < -0.4 is 0 Å². The zero-order chi connectivity index (χ0) is 13.8. The largest absolute Gasteiger partial charge is 0.480 e. The number of hydrogen-bond acceptors (Lipinski definition) is 3. The van der Waals surface area contributed by atoms with Crippen LogP contribution >= 0.6 is 0 Å². The molecular formula is C14H17NO4. The third-order valence-electron chi connectivity index (χ3n) is 3.42. The second kappa shape index (κ2) is 5.84. The molecule has 5 heteroatoms. The lowest BCUT2D eigenvalue weighted by Crippen LogP contribution is -2.49. The van der Waals surface area contributed by atoms with Crippen molar-refractivity contribution in [2.45, 2.75) is 31.4 Å². The fourth-order valence-corrected chi connectivity index (χ4v) is 2.39. The van der Waals surface area contributed by atoms with Crippen LogP contribution in [0, 0.1) is 0 Å². The number of carboxylic acid groups (broad SMARTS) is 1. The number of piperidine rings is 1. The molecular weight excluding hydrogens is 246 g/mol. The van der Waals surface area contributed by atoms with Crippen molar-refractivity contribution in [2.24, 2.45) is 0 Å². The second-order valence-electron chi connectivity index (χ2n) is 4.69. The van der Waals surface area contributed by atoms with Gasteiger partial charge in [0, 0.05) is 6.54 Å². The highest BCUT2D eigenvalue weighted by molar-refractivity contribution is 5.87. The number of carbonyl (C=O) groups is 2. The summed E-state index contributed by atoms with van der Waals surface area (Å²) in [7, 11) is 0. The first-order valence-electron chi connectivity index (χ1n) is 6.37. The summed E-state index contributed by atoms with van der Waals surface area (Å²) in [6.45, 7) is 0.389. The van der Waals surface area contributed by atoms with Crippen molar-refractivity contribution in [3.63, 3.8) is 0 Å². The number of rotatable bonds is 3. The molecule has 19 heavy (non-hydrogen) atoms. The molecule has 0 aromatic heterocycles. The maximum absolute atomic E-state index is 12.2. The Balaban J connectivity index is 2.15. The number of carbonyl (C=O) groups excluding carboxylic acids is 1. The van der Waals surface area contributed by atoms with Crippen molar-refractivity contribution in [2.75, 3.05) is 6.54 Å². The quantitative estimate of drug-likeness (QED) is 0.858. The van der Waals surface area contributed by atoms with Crippen LogP contribution in [0.4, 0.5) is 0 Å². The van der Waals surface area contributed by atoms with Gasteiger partial charge in [0.2, 0.25) is 0 Å². The van der Waals surface area contributed by atoms with Crippen LogP contribution in [0.25, 0.3) is 0 Å². The molecule has 0 spiro atoms. The Hall–Kier alpha value is -1.88. The van der Waals surface area contributed by atoms with Crippen molar-refractivity contribution >= 4 is 11.9 Å². The standard InChI is InChI=1S/C14H17NO4/c16-12(10-6-2-1-3-7-10)13(17)15-9-5-4-8-11(15)14(18)19/h1-3,6-7,11-12,16H,4-5,8-9H2,(H,18,19). The number of hydrogen-bond donors (Lipinski definition) is 2. The van der Waals surface area contributed by atoms with E-state index in [9.17, 15) is 14.7 Å². The van der Waals surface area contributed by atoms with Gasteiger partial charge in [0.1, 0.15) is 6.04 Å². The maximum atomic E-state index is 12.2. The van der Waals surface area contributed by atoms with Crippen molar-refractivity contribution in [3.8, 4) is 0 Å². The minimum Gasteiger partial charge on any atom is -0.480 e. The normalized spacial score (nSPS) is 20.9. The average Bonchev–Trinajstić information content (AvgIpc) is 2.46. The molecule has 0 aliphatic carbocycles. The monoisotopic (exact) mass is 263 g/mol. The van der Waals surface area contributed by atoms with Gasteiger partial charge in [-0.1, -0.05) is 30.3 Å². The number of nitrogens with zero attached hydrogens (tertiary/aromatic N) is 1. The Kier molecular flexibility index (Phi) is 4.16. The number of aliphatic hydroxyl groups excluding tert-OH is 1. The first kappa shape index (κ1) is 13.5. The summed E-state index contributed by atoms with van der Waals surface area (Å²) in [6, 6.07) is 7.75. The molecule has 1 fully saturated rings. The molecule has 2 unspecified atom stereocenters. The zero-order valence-corrected chi connectivity index (χ0v) is 10.5. The number of aliphatic carboxylic acids is 1. The van der Waals surface area contributed by atoms with Crippen molar-refractivity contribution in [1.82, 2.24) is 4.90 Å². The molecule has 1 amide bonds. The summed E-state index contributed by atoms with van der Waals surface area (Å²) >= 11 is 0. The van der Waals surface area contributed by atoms with Crippen LogP contribution in [0.15, 0.2) is 30.3 Å². The summed E-state index contributed by atoms with van der Waals surface area (Å²) in [6.07, 6.45) is 0.725. The Labute approximate surface area is 111 Å². The summed E-state index contributed by atoms with van der Waals surface area (Å²) in [5, 5.41) is 19.2. The van der Waals surface area contributed by atoms with E-state index in [1.54, 1.807) is 30.3 Å². The zero-order valence-electron chi connectivity index (χ0n) is 10.5. The molecule has 2 rings (SSSR count). The molecule has 102 valence electrons. The number of amides is 1. The van der Waals surface area contributed by atoms with Crippen LogP contribution in [-0.4, -0.2) is 39.6 Å². The Morgan fingerprint density at radius 1 is 1.21 bits per heavy atom. The van der Waals surface area contributed by atoms with Crippen molar-refractivity contribution in [3.05, 3.63) is 35.9 Å². The van der Waals surface area contributed by atoms with Crippen LogP contribution in [0.3, 0.4) is 0 Å². The van der Waals surface area contributed by atoms with Gasteiger partial charge in [-0.15, -0.1) is 0 Å². The molecule has 0 saturated carbocycles. The predicted octanol–water partition coefficient (Wildman–Crippen LogP) is 1.19. The van der Waals surface area contributed by atoms with Crippen LogP contribution in [0.5, 0.6) is 0 Å². The summed E-state index contributed by atoms with van der Waals surface area (Å²) < 4.78 is 0. The molecule has 5 nitrogen and oxygen atoms in total. The lowest BCUT2D eigenvalue weighted by Gasteiger charge is -2.34. The Morgan fingerprint density at radius 2 is 1.89 bits per heavy atom. The van der Waals surface area contributed by atoms with Crippen molar-refractivity contribution in [1.29, 1.82) is 0 Å². The van der Waals surface area contributed by atoms with Crippen LogP contribution in [0.2, 0.25) is 0 Å². The topological polar surface area (TPSA) is 77.8 Å². The highest BCUT2D eigenvalue weighted by Crippen LogP contribution is 2.23. The molecule has 1 aliphatic rings. The molecule has 0 bridgehead atoms. The van der Waals surface area contributed by atoms with Gasteiger partial charge in [0.25, 0.3) is 5.91 Å². The van der Waals surface area contributed by atoms with E-state index >= 15 is 0 Å². The minimum absolute atomic E-state index is 0.389. The van der Waals surface area contributed by atoms with Gasteiger partial charge in [-0.2, -0.15) is 0 Å². The number of benzene rings is 1. The van der Waals surface area contributed by atoms with E-state index in [1.165, 1.54) is 4.90 Å². The minimum atomic E-state index is -1.29. The summed E-state index contributed by atoms with van der Waals surface area (Å²) in [5.74, 6) is -1.54. The van der Waals surface area contributed by atoms with Gasteiger partial charge in [0.15, 0.2) is 6.10 Å². The Bertz CT molecular complexity index is 460. The van der Waals surface area contributed by atoms with E-state index in [0.29, 0.717) is 18.5 Å². The van der Waals surface area contributed by atoms with E-state index in [4.69, 9.17) is 5.11 Å². The summed E-state index contributed by atoms with van der Waals surface area (Å²) in [4.78, 5) is 24.7. The molecule has 1 aromatic rings. The molecule has 2 N–H and O–H groups in total. The van der Waals surface area contributed by atoms with Gasteiger partial charge < -0.3 is 15.1 Å². The van der Waals surface area contributed by atoms with E-state index < -0.39 is 24.0 Å². The van der Waals surface area contributed by atoms with Gasteiger partial charge in [-0.05, 0) is 24.8 Å². The molecule has 1 aromatic carbocycles. The number of likely N-dealkylation sites (tertiary alicyclic amines) is 1. The van der Waals surface area contributed by atoms with E-state index in [2.05, 4.69) is 0 Å². The first-order chi connectivity index (χ1) is 9.11. The fraction of sp³-hybridized carbons (Fsp3) is 0.429. The van der Waals surface area contributed by atoms with E-state index in [1.807, 2.05) is 0 Å². The maximum Gasteiger partial charge on any atom is 0.326 e. The Morgan fingerprint density at radius 3 is 2.53 bits per heavy atom. The molecule has 1 aliphatic heterocycles. The SMILES string of the molecule is O=C(O)C1CCCCN1C(=O)C(O)c1ccccc1. The molecule has 1 saturated heterocycles. The third kappa shape index (κ3) is 2.93. The van der Waals surface area contributed by atoms with E-state index in [0.717, 1.165) is 12.8 Å². The fourth-order valence-electron chi connectivity index (χ4n) is 2.39. The number of aliphatic hydroxyl groups is 1.